The van der Waals surface area contributed by atoms with Gasteiger partial charge in [-0.3, -0.25) is 4.79 Å². The number of rotatable bonds is 12. The van der Waals surface area contributed by atoms with Crippen molar-refractivity contribution < 1.29 is 27.4 Å². The predicted molar refractivity (Wildman–Crippen MR) is 131 cm³/mol. The lowest BCUT2D eigenvalue weighted by atomic mass is 10.2. The lowest BCUT2D eigenvalue weighted by Gasteiger charge is -2.29. The van der Waals surface area contributed by atoms with E-state index in [4.69, 9.17) is 14.2 Å². The van der Waals surface area contributed by atoms with Crippen LogP contribution < -0.4 is 15.0 Å². The second-order valence-electron chi connectivity index (χ2n) is 7.64. The third kappa shape index (κ3) is 7.17. The SMILES string of the molecule is CCOCCOc1ccc(S(=O)(=O)N(CC)CC(=O)Nc2ccc(N3CCOCC3)cc2)cc1. The van der Waals surface area contributed by atoms with Crippen molar-refractivity contribution in [3.63, 3.8) is 0 Å². The highest BCUT2D eigenvalue weighted by Gasteiger charge is 2.25. The molecule has 1 heterocycles. The molecule has 0 aromatic heterocycles. The van der Waals surface area contributed by atoms with E-state index < -0.39 is 15.9 Å². The maximum Gasteiger partial charge on any atom is 0.243 e. The Morgan fingerprint density at radius 2 is 1.71 bits per heavy atom. The van der Waals surface area contributed by atoms with Gasteiger partial charge in [-0.2, -0.15) is 4.31 Å². The molecule has 0 unspecified atom stereocenters. The maximum atomic E-state index is 13.1. The van der Waals surface area contributed by atoms with Gasteiger partial charge in [-0.05, 0) is 55.5 Å². The van der Waals surface area contributed by atoms with E-state index in [-0.39, 0.29) is 18.0 Å². The summed E-state index contributed by atoms with van der Waals surface area (Å²) in [6.45, 7) is 8.00. The van der Waals surface area contributed by atoms with Crippen LogP contribution in [-0.2, 0) is 24.3 Å². The molecule has 0 aliphatic carbocycles. The van der Waals surface area contributed by atoms with Crippen molar-refractivity contribution in [3.05, 3.63) is 48.5 Å². The van der Waals surface area contributed by atoms with Gasteiger partial charge >= 0.3 is 0 Å². The summed E-state index contributed by atoms with van der Waals surface area (Å²) in [6, 6.07) is 13.7. The molecule has 34 heavy (non-hydrogen) atoms. The number of carbonyl (C=O) groups excluding carboxylic acids is 1. The highest BCUT2D eigenvalue weighted by atomic mass is 32.2. The third-order valence-corrected chi connectivity index (χ3v) is 7.30. The fourth-order valence-electron chi connectivity index (χ4n) is 3.52. The van der Waals surface area contributed by atoms with Gasteiger partial charge in [-0.25, -0.2) is 8.42 Å². The second kappa shape index (κ2) is 12.7. The number of amides is 1. The molecule has 3 rings (SSSR count). The topological polar surface area (TPSA) is 97.4 Å². The normalized spacial score (nSPS) is 14.3. The second-order valence-corrected chi connectivity index (χ2v) is 9.58. The number of ether oxygens (including phenoxy) is 3. The van der Waals surface area contributed by atoms with E-state index in [1.807, 2.05) is 31.2 Å². The fourth-order valence-corrected chi connectivity index (χ4v) is 4.93. The molecule has 0 saturated carbocycles. The molecule has 1 fully saturated rings. The van der Waals surface area contributed by atoms with Crippen LogP contribution in [-0.4, -0.2) is 77.8 Å². The van der Waals surface area contributed by atoms with Crippen molar-refractivity contribution in [2.45, 2.75) is 18.7 Å². The molecule has 0 bridgehead atoms. The molecule has 186 valence electrons. The number of benzene rings is 2. The molecule has 1 saturated heterocycles. The number of hydrogen-bond acceptors (Lipinski definition) is 7. The summed E-state index contributed by atoms with van der Waals surface area (Å²) in [6.07, 6.45) is 0. The molecule has 1 amide bonds. The number of hydrogen-bond donors (Lipinski definition) is 1. The fraction of sp³-hybridized carbons (Fsp3) is 0.458. The molecular formula is C24H33N3O6S. The van der Waals surface area contributed by atoms with Crippen LogP contribution in [0.3, 0.4) is 0 Å². The summed E-state index contributed by atoms with van der Waals surface area (Å²) in [5.74, 6) is 0.153. The summed E-state index contributed by atoms with van der Waals surface area (Å²) < 4.78 is 43.4. The van der Waals surface area contributed by atoms with Gasteiger partial charge in [0, 0.05) is 37.6 Å². The van der Waals surface area contributed by atoms with Gasteiger partial charge in [0.25, 0.3) is 0 Å². The Labute approximate surface area is 201 Å². The van der Waals surface area contributed by atoms with Crippen LogP contribution in [0.5, 0.6) is 5.75 Å². The first-order chi connectivity index (χ1) is 16.4. The molecule has 2 aromatic rings. The predicted octanol–water partition coefficient (Wildman–Crippen LogP) is 2.59. The lowest BCUT2D eigenvalue weighted by molar-refractivity contribution is -0.116. The lowest BCUT2D eigenvalue weighted by Crippen LogP contribution is -2.38. The number of morpholine rings is 1. The first-order valence-corrected chi connectivity index (χ1v) is 12.9. The van der Waals surface area contributed by atoms with Crippen LogP contribution >= 0.6 is 0 Å². The minimum absolute atomic E-state index is 0.106. The maximum absolute atomic E-state index is 13.1. The zero-order chi connectivity index (χ0) is 24.4. The molecule has 1 N–H and O–H groups in total. The average molecular weight is 492 g/mol. The molecule has 2 aromatic carbocycles. The minimum Gasteiger partial charge on any atom is -0.491 e. The monoisotopic (exact) mass is 491 g/mol. The number of sulfonamides is 1. The standard InChI is InChI=1S/C24H33N3O6S/c1-3-27(34(29,30)23-11-9-22(10-12-23)33-18-17-31-4-2)19-24(28)25-20-5-7-21(8-6-20)26-13-15-32-16-14-26/h5-12H,3-4,13-19H2,1-2H3,(H,25,28). The van der Waals surface area contributed by atoms with E-state index in [1.165, 1.54) is 12.1 Å². The van der Waals surface area contributed by atoms with Crippen molar-refractivity contribution in [1.82, 2.24) is 4.31 Å². The molecule has 0 radical (unpaired) electrons. The number of likely N-dealkylation sites (N-methyl/N-ethyl adjacent to an activating group) is 1. The Morgan fingerprint density at radius 3 is 2.32 bits per heavy atom. The minimum atomic E-state index is -3.83. The average Bonchev–Trinajstić information content (AvgIpc) is 2.86. The highest BCUT2D eigenvalue weighted by Crippen LogP contribution is 2.21. The van der Waals surface area contributed by atoms with Gasteiger partial charge in [0.1, 0.15) is 12.4 Å². The third-order valence-electron chi connectivity index (χ3n) is 5.36. The quantitative estimate of drug-likeness (QED) is 0.456. The van der Waals surface area contributed by atoms with E-state index in [2.05, 4.69) is 10.2 Å². The van der Waals surface area contributed by atoms with E-state index in [1.54, 1.807) is 19.1 Å². The van der Waals surface area contributed by atoms with E-state index in [0.29, 0.717) is 44.5 Å². The van der Waals surface area contributed by atoms with Crippen LogP contribution in [0.25, 0.3) is 0 Å². The molecule has 1 aliphatic heterocycles. The Hall–Kier alpha value is -2.66. The van der Waals surface area contributed by atoms with Crippen LogP contribution in [0, 0.1) is 0 Å². The van der Waals surface area contributed by atoms with Crippen LogP contribution in [0.1, 0.15) is 13.8 Å². The summed E-state index contributed by atoms with van der Waals surface area (Å²) in [4.78, 5) is 14.9. The molecule has 0 atom stereocenters. The smallest absolute Gasteiger partial charge is 0.243 e. The number of anilines is 2. The van der Waals surface area contributed by atoms with Gasteiger partial charge in [-0.1, -0.05) is 6.92 Å². The number of nitrogens with one attached hydrogen (secondary N) is 1. The highest BCUT2D eigenvalue weighted by molar-refractivity contribution is 7.89. The summed E-state index contributed by atoms with van der Waals surface area (Å²) in [7, 11) is -3.83. The van der Waals surface area contributed by atoms with Crippen LogP contribution in [0.2, 0.25) is 0 Å². The van der Waals surface area contributed by atoms with Gasteiger partial charge in [0.15, 0.2) is 0 Å². The van der Waals surface area contributed by atoms with E-state index in [0.717, 1.165) is 23.1 Å². The summed E-state index contributed by atoms with van der Waals surface area (Å²) in [5.41, 5.74) is 1.67. The first-order valence-electron chi connectivity index (χ1n) is 11.5. The molecule has 1 aliphatic rings. The van der Waals surface area contributed by atoms with Crippen molar-refractivity contribution in [2.75, 3.05) is 69.4 Å². The van der Waals surface area contributed by atoms with Crippen molar-refractivity contribution in [2.24, 2.45) is 0 Å². The number of nitrogens with zero attached hydrogens (tertiary/aromatic N) is 2. The van der Waals surface area contributed by atoms with Gasteiger partial charge < -0.3 is 24.4 Å². The Balaban J connectivity index is 1.57. The Morgan fingerprint density at radius 1 is 1.03 bits per heavy atom. The van der Waals surface area contributed by atoms with Crippen LogP contribution in [0.4, 0.5) is 11.4 Å². The van der Waals surface area contributed by atoms with Gasteiger partial charge in [0.05, 0.1) is 31.3 Å². The molecule has 9 nitrogen and oxygen atoms in total. The van der Waals surface area contributed by atoms with Gasteiger partial charge in [0.2, 0.25) is 15.9 Å². The molecular weight excluding hydrogens is 458 g/mol. The van der Waals surface area contributed by atoms with E-state index in [9.17, 15) is 13.2 Å². The van der Waals surface area contributed by atoms with Crippen molar-refractivity contribution in [1.29, 1.82) is 0 Å². The Kier molecular flexibility index (Phi) is 9.70. The largest absolute Gasteiger partial charge is 0.491 e. The zero-order valence-corrected chi connectivity index (χ0v) is 20.6. The molecule has 0 spiro atoms. The van der Waals surface area contributed by atoms with Crippen LogP contribution in [0.15, 0.2) is 53.4 Å². The Bertz CT molecular complexity index is 1010. The van der Waals surface area contributed by atoms with E-state index >= 15 is 0 Å². The zero-order valence-electron chi connectivity index (χ0n) is 19.7. The van der Waals surface area contributed by atoms with Crippen molar-refractivity contribution >= 4 is 27.3 Å². The molecule has 10 heteroatoms. The van der Waals surface area contributed by atoms with Crippen molar-refractivity contribution in [3.8, 4) is 5.75 Å². The first kappa shape index (κ1) is 26.0. The van der Waals surface area contributed by atoms with Gasteiger partial charge in [-0.15, -0.1) is 0 Å². The summed E-state index contributed by atoms with van der Waals surface area (Å²) in [5, 5.41) is 2.78. The summed E-state index contributed by atoms with van der Waals surface area (Å²) >= 11 is 0. The number of carbonyl (C=O) groups is 1.